The molecule has 1 amide bonds. The average molecular weight is 537 g/mol. The maximum atomic E-state index is 13.0. The molecule has 2 aromatic carbocycles. The van der Waals surface area contributed by atoms with Crippen LogP contribution in [0.2, 0.25) is 0 Å². The van der Waals surface area contributed by atoms with Gasteiger partial charge in [0.2, 0.25) is 5.95 Å². The Hall–Kier alpha value is -4.25. The topological polar surface area (TPSA) is 83.4 Å². The molecule has 0 saturated carbocycles. The molecule has 1 N–H and O–H groups in total. The Balaban J connectivity index is 1.37. The molecule has 3 heterocycles. The zero-order chi connectivity index (χ0) is 27.7. The number of pyridine rings is 1. The molecule has 1 saturated heterocycles. The number of carbonyl (C=O) groups is 1. The Bertz CT molecular complexity index is 1560. The third-order valence-electron chi connectivity index (χ3n) is 6.84. The van der Waals surface area contributed by atoms with Crippen LogP contribution in [0.1, 0.15) is 27.2 Å². The molecule has 0 atom stereocenters. The number of piperazine rings is 1. The van der Waals surface area contributed by atoms with Gasteiger partial charge in [0, 0.05) is 49.7 Å². The monoisotopic (exact) mass is 536 g/mol. The van der Waals surface area contributed by atoms with E-state index < -0.39 is 11.7 Å². The number of anilines is 1. The molecule has 11 heteroatoms. The molecule has 0 radical (unpaired) electrons. The fourth-order valence-corrected chi connectivity index (χ4v) is 4.51. The van der Waals surface area contributed by atoms with E-state index in [0.717, 1.165) is 49.4 Å². The molecule has 39 heavy (non-hydrogen) atoms. The van der Waals surface area contributed by atoms with E-state index in [9.17, 15) is 22.8 Å². The lowest BCUT2D eigenvalue weighted by Crippen LogP contribution is -2.45. The van der Waals surface area contributed by atoms with Gasteiger partial charge in [0.05, 0.1) is 16.9 Å². The third-order valence-corrected chi connectivity index (χ3v) is 6.84. The van der Waals surface area contributed by atoms with E-state index in [1.807, 2.05) is 6.92 Å². The number of hydrogen-bond donors (Lipinski definition) is 1. The van der Waals surface area contributed by atoms with Gasteiger partial charge in [-0.3, -0.25) is 14.2 Å². The number of likely N-dealkylation sites (N-methyl/N-ethyl adjacent to an activating group) is 1. The maximum absolute atomic E-state index is 13.0. The zero-order valence-electron chi connectivity index (χ0n) is 21.5. The number of alkyl halides is 3. The van der Waals surface area contributed by atoms with Crippen molar-refractivity contribution in [3.8, 4) is 5.69 Å². The summed E-state index contributed by atoms with van der Waals surface area (Å²) in [6.45, 7) is 5.33. The first-order chi connectivity index (χ1) is 18.6. The van der Waals surface area contributed by atoms with Gasteiger partial charge in [-0.05, 0) is 62.0 Å². The number of carbonyl (C=O) groups excluding carboxylic acids is 1. The van der Waals surface area contributed by atoms with Crippen molar-refractivity contribution in [2.24, 2.45) is 0 Å². The first-order valence-electron chi connectivity index (χ1n) is 12.5. The highest BCUT2D eigenvalue weighted by Crippen LogP contribution is 2.29. The molecular formula is C28H27F3N6O2. The molecule has 5 rings (SSSR count). The minimum atomic E-state index is -4.41. The number of fused-ring (bicyclic) bond motifs is 1. The van der Waals surface area contributed by atoms with E-state index in [1.54, 1.807) is 30.3 Å². The van der Waals surface area contributed by atoms with E-state index in [1.165, 1.54) is 22.8 Å². The predicted molar refractivity (Wildman–Crippen MR) is 142 cm³/mol. The molecule has 202 valence electrons. The fraction of sp³-hybridized carbons (Fsp3) is 0.286. The molecule has 1 aliphatic heterocycles. The van der Waals surface area contributed by atoms with E-state index in [4.69, 9.17) is 4.98 Å². The van der Waals surface area contributed by atoms with Crippen LogP contribution in [0, 0.1) is 6.92 Å². The summed E-state index contributed by atoms with van der Waals surface area (Å²) in [6.07, 6.45) is -4.41. The minimum Gasteiger partial charge on any atom is -0.348 e. The first-order valence-corrected chi connectivity index (χ1v) is 12.5. The van der Waals surface area contributed by atoms with Gasteiger partial charge in [0.25, 0.3) is 11.5 Å². The largest absolute Gasteiger partial charge is 0.416 e. The second-order valence-electron chi connectivity index (χ2n) is 9.57. The molecule has 0 unspecified atom stereocenters. The molecule has 2 aromatic heterocycles. The quantitative estimate of drug-likeness (QED) is 0.418. The van der Waals surface area contributed by atoms with Crippen molar-refractivity contribution in [3.05, 3.63) is 93.4 Å². The summed E-state index contributed by atoms with van der Waals surface area (Å²) in [5.41, 5.74) is 1.69. The Morgan fingerprint density at radius 1 is 0.923 bits per heavy atom. The smallest absolute Gasteiger partial charge is 0.348 e. The van der Waals surface area contributed by atoms with Crippen LogP contribution in [0.3, 0.4) is 0 Å². The maximum Gasteiger partial charge on any atom is 0.416 e. The zero-order valence-corrected chi connectivity index (χ0v) is 21.5. The second kappa shape index (κ2) is 10.5. The molecule has 0 bridgehead atoms. The number of benzene rings is 2. The Kier molecular flexibility index (Phi) is 7.09. The van der Waals surface area contributed by atoms with Crippen LogP contribution in [0.15, 0.2) is 65.5 Å². The van der Waals surface area contributed by atoms with Crippen LogP contribution in [0.25, 0.3) is 16.7 Å². The minimum absolute atomic E-state index is 0.0762. The number of halogens is 3. The Labute approximate surface area is 222 Å². The van der Waals surface area contributed by atoms with Crippen molar-refractivity contribution in [2.75, 3.05) is 38.1 Å². The van der Waals surface area contributed by atoms with Crippen LogP contribution in [0.5, 0.6) is 0 Å². The summed E-state index contributed by atoms with van der Waals surface area (Å²) in [5, 5.41) is 3.47. The van der Waals surface area contributed by atoms with Crippen LogP contribution in [0.4, 0.5) is 19.1 Å². The number of aromatic nitrogens is 3. The normalized spacial score (nSPS) is 14.5. The van der Waals surface area contributed by atoms with Crippen molar-refractivity contribution in [2.45, 2.75) is 19.6 Å². The van der Waals surface area contributed by atoms with Crippen LogP contribution < -0.4 is 15.8 Å². The van der Waals surface area contributed by atoms with Crippen LogP contribution >= 0.6 is 0 Å². The number of aryl methyl sites for hydroxylation is 1. The standard InChI is InChI=1S/C28H27F3N6O2/c1-18-23-11-12-24(38)37(25(23)34-27(33-18)36-15-13-35(2)14-16-36)22-9-5-20(6-10-22)26(39)32-17-19-3-7-21(8-4-19)28(29,30)31/h3-12H,13-17H2,1-2H3,(H,32,39). The molecule has 1 fully saturated rings. The van der Waals surface area contributed by atoms with Crippen LogP contribution in [-0.4, -0.2) is 58.6 Å². The molecule has 4 aromatic rings. The summed E-state index contributed by atoms with van der Waals surface area (Å²) in [4.78, 5) is 39.4. The molecule has 0 spiro atoms. The number of rotatable bonds is 5. The van der Waals surface area contributed by atoms with Gasteiger partial charge in [-0.25, -0.2) is 4.98 Å². The predicted octanol–water partition coefficient (Wildman–Crippen LogP) is 3.79. The lowest BCUT2D eigenvalue weighted by Gasteiger charge is -2.32. The van der Waals surface area contributed by atoms with E-state index in [2.05, 4.69) is 27.1 Å². The van der Waals surface area contributed by atoms with Crippen molar-refractivity contribution in [1.29, 1.82) is 0 Å². The SMILES string of the molecule is Cc1nc(N2CCN(C)CC2)nc2c1ccc(=O)n2-c1ccc(C(=O)NCc2ccc(C(F)(F)F)cc2)cc1. The van der Waals surface area contributed by atoms with Crippen molar-refractivity contribution < 1.29 is 18.0 Å². The second-order valence-corrected chi connectivity index (χ2v) is 9.57. The van der Waals surface area contributed by atoms with Gasteiger partial charge in [-0.2, -0.15) is 18.2 Å². The van der Waals surface area contributed by atoms with Crippen molar-refractivity contribution in [1.82, 2.24) is 24.8 Å². The summed E-state index contributed by atoms with van der Waals surface area (Å²) in [7, 11) is 2.07. The Morgan fingerprint density at radius 2 is 1.59 bits per heavy atom. The summed E-state index contributed by atoms with van der Waals surface area (Å²) in [5.74, 6) is 0.189. The summed E-state index contributed by atoms with van der Waals surface area (Å²) < 4.78 is 39.8. The van der Waals surface area contributed by atoms with Gasteiger partial charge in [0.15, 0.2) is 5.65 Å². The molecular weight excluding hydrogens is 509 g/mol. The van der Waals surface area contributed by atoms with Gasteiger partial charge in [0.1, 0.15) is 0 Å². The van der Waals surface area contributed by atoms with Gasteiger partial charge >= 0.3 is 6.18 Å². The highest BCUT2D eigenvalue weighted by Gasteiger charge is 2.30. The summed E-state index contributed by atoms with van der Waals surface area (Å²) in [6, 6.07) is 14.4. The van der Waals surface area contributed by atoms with E-state index in [-0.39, 0.29) is 18.0 Å². The summed E-state index contributed by atoms with van der Waals surface area (Å²) >= 11 is 0. The lowest BCUT2D eigenvalue weighted by atomic mass is 10.1. The van der Waals surface area contributed by atoms with Gasteiger partial charge < -0.3 is 15.1 Å². The molecule has 8 nitrogen and oxygen atoms in total. The van der Waals surface area contributed by atoms with Crippen molar-refractivity contribution in [3.63, 3.8) is 0 Å². The molecule has 0 aliphatic carbocycles. The van der Waals surface area contributed by atoms with E-state index in [0.29, 0.717) is 28.4 Å². The number of nitrogens with zero attached hydrogens (tertiary/aromatic N) is 5. The average Bonchev–Trinajstić information content (AvgIpc) is 2.92. The van der Waals surface area contributed by atoms with Crippen LogP contribution in [-0.2, 0) is 12.7 Å². The third kappa shape index (κ3) is 5.63. The van der Waals surface area contributed by atoms with E-state index >= 15 is 0 Å². The van der Waals surface area contributed by atoms with Gasteiger partial charge in [-0.15, -0.1) is 0 Å². The first kappa shape index (κ1) is 26.4. The Morgan fingerprint density at radius 3 is 2.23 bits per heavy atom. The van der Waals surface area contributed by atoms with Gasteiger partial charge in [-0.1, -0.05) is 12.1 Å². The fourth-order valence-electron chi connectivity index (χ4n) is 4.51. The highest BCUT2D eigenvalue weighted by atomic mass is 19.4. The van der Waals surface area contributed by atoms with Crippen molar-refractivity contribution >= 4 is 22.9 Å². The lowest BCUT2D eigenvalue weighted by molar-refractivity contribution is -0.137. The highest BCUT2D eigenvalue weighted by molar-refractivity contribution is 5.94. The molecule has 1 aliphatic rings. The number of amides is 1. The number of hydrogen-bond acceptors (Lipinski definition) is 6. The number of nitrogens with one attached hydrogen (secondary N) is 1.